The highest BCUT2D eigenvalue weighted by molar-refractivity contribution is 8.18. The Morgan fingerprint density at radius 2 is 1.69 bits per heavy atom. The summed E-state index contributed by atoms with van der Waals surface area (Å²) in [5.74, 6) is -0.438. The number of benzene rings is 2. The fourth-order valence-electron chi connectivity index (χ4n) is 4.72. The van der Waals surface area contributed by atoms with Crippen molar-refractivity contribution < 1.29 is 38.1 Å². The Bertz CT molecular complexity index is 1370. The van der Waals surface area contributed by atoms with E-state index in [1.54, 1.807) is 35.2 Å². The molecule has 2 aromatic rings. The maximum absolute atomic E-state index is 13.1. The molecular weight excluding hydrogens is 564 g/mol. The van der Waals surface area contributed by atoms with Gasteiger partial charge in [-0.1, -0.05) is 18.2 Å². The number of rotatable bonds is 9. The van der Waals surface area contributed by atoms with Gasteiger partial charge in [0.2, 0.25) is 5.91 Å². The highest BCUT2D eigenvalue weighted by Crippen LogP contribution is 2.35. The fourth-order valence-corrected chi connectivity index (χ4v) is 5.56. The number of imide groups is 1. The van der Waals surface area contributed by atoms with Gasteiger partial charge in [0.15, 0.2) is 18.1 Å². The predicted molar refractivity (Wildman–Crippen MR) is 157 cm³/mol. The van der Waals surface area contributed by atoms with Crippen LogP contribution in [0.25, 0.3) is 6.08 Å². The second kappa shape index (κ2) is 13.7. The minimum absolute atomic E-state index is 0.145. The molecule has 3 fully saturated rings. The average molecular weight is 597 g/mol. The first kappa shape index (κ1) is 29.4. The van der Waals surface area contributed by atoms with Crippen LogP contribution in [-0.4, -0.2) is 106 Å². The average Bonchev–Trinajstić information content (AvgIpc) is 3.28. The molecule has 3 aliphatic rings. The summed E-state index contributed by atoms with van der Waals surface area (Å²) in [5.41, 5.74) is 2.05. The first-order valence-corrected chi connectivity index (χ1v) is 14.4. The van der Waals surface area contributed by atoms with E-state index in [-0.39, 0.29) is 17.4 Å². The summed E-state index contributed by atoms with van der Waals surface area (Å²) in [5, 5.41) is 2.31. The van der Waals surface area contributed by atoms with Gasteiger partial charge in [0.05, 0.1) is 49.8 Å². The van der Waals surface area contributed by atoms with Crippen molar-refractivity contribution in [3.8, 4) is 11.5 Å². The van der Waals surface area contributed by atoms with Crippen molar-refractivity contribution in [2.75, 3.05) is 83.1 Å². The monoisotopic (exact) mass is 596 g/mol. The van der Waals surface area contributed by atoms with Crippen LogP contribution in [0.15, 0.2) is 47.4 Å². The molecule has 2 aromatic carbocycles. The normalized spacial score (nSPS) is 18.4. The molecule has 0 spiro atoms. The second-order valence-electron chi connectivity index (χ2n) is 9.62. The van der Waals surface area contributed by atoms with Gasteiger partial charge in [-0.2, -0.15) is 0 Å². The second-order valence-corrected chi connectivity index (χ2v) is 10.6. The SMILES string of the molecule is COc1cc(/C=C2\SC(=O)N(CC(=O)Nc3ccccc3N3CCOCC3)C2=O)ccc1OCC(=O)N1CCOCC1. The summed E-state index contributed by atoms with van der Waals surface area (Å²) in [7, 11) is 1.47. The van der Waals surface area contributed by atoms with Crippen molar-refractivity contribution in [1.29, 1.82) is 0 Å². The Morgan fingerprint density at radius 1 is 0.976 bits per heavy atom. The summed E-state index contributed by atoms with van der Waals surface area (Å²) < 4.78 is 21.8. The maximum Gasteiger partial charge on any atom is 0.294 e. The summed E-state index contributed by atoms with van der Waals surface area (Å²) in [6.45, 7) is 4.10. The molecule has 13 heteroatoms. The maximum atomic E-state index is 13.1. The molecular formula is C29H32N4O8S. The van der Waals surface area contributed by atoms with Gasteiger partial charge in [0, 0.05) is 26.2 Å². The number of nitrogens with one attached hydrogen (secondary N) is 1. The largest absolute Gasteiger partial charge is 0.493 e. The molecule has 4 amide bonds. The summed E-state index contributed by atoms with van der Waals surface area (Å²) >= 11 is 0.762. The molecule has 222 valence electrons. The van der Waals surface area contributed by atoms with Gasteiger partial charge in [-0.15, -0.1) is 0 Å². The molecule has 42 heavy (non-hydrogen) atoms. The highest BCUT2D eigenvalue weighted by Gasteiger charge is 2.36. The smallest absolute Gasteiger partial charge is 0.294 e. The standard InChI is InChI=1S/C29H32N4O8S/c1-38-24-16-20(6-7-23(24)41-19-27(35)32-10-14-40-15-11-32)17-25-28(36)33(29(37)42-25)18-26(34)30-21-4-2-3-5-22(21)31-8-12-39-13-9-31/h2-7,16-17H,8-15,18-19H2,1H3,(H,30,34)/b25-17-. The van der Waals surface area contributed by atoms with Crippen LogP contribution in [-0.2, 0) is 23.9 Å². The highest BCUT2D eigenvalue weighted by atomic mass is 32.2. The van der Waals surface area contributed by atoms with Crippen LogP contribution in [0, 0.1) is 0 Å². The number of amides is 4. The summed E-state index contributed by atoms with van der Waals surface area (Å²) in [6.07, 6.45) is 1.56. The van der Waals surface area contributed by atoms with E-state index >= 15 is 0 Å². The van der Waals surface area contributed by atoms with E-state index in [0.717, 1.165) is 22.3 Å². The zero-order chi connectivity index (χ0) is 29.5. The van der Waals surface area contributed by atoms with Gasteiger partial charge in [0.1, 0.15) is 6.54 Å². The van der Waals surface area contributed by atoms with Gasteiger partial charge >= 0.3 is 0 Å². The molecule has 0 aromatic heterocycles. The van der Waals surface area contributed by atoms with Crippen molar-refractivity contribution in [1.82, 2.24) is 9.80 Å². The number of hydrogen-bond donors (Lipinski definition) is 1. The lowest BCUT2D eigenvalue weighted by Gasteiger charge is -2.30. The number of carbonyl (C=O) groups is 4. The van der Waals surface area contributed by atoms with Crippen molar-refractivity contribution in [2.45, 2.75) is 0 Å². The van der Waals surface area contributed by atoms with Crippen molar-refractivity contribution in [2.24, 2.45) is 0 Å². The summed E-state index contributed by atoms with van der Waals surface area (Å²) in [6, 6.07) is 12.4. The number of para-hydroxylation sites is 2. The number of methoxy groups -OCH3 is 1. The van der Waals surface area contributed by atoms with Crippen LogP contribution in [0.4, 0.5) is 16.2 Å². The molecule has 3 saturated heterocycles. The topological polar surface area (TPSA) is 127 Å². The zero-order valence-corrected chi connectivity index (χ0v) is 24.0. The van der Waals surface area contributed by atoms with E-state index in [9.17, 15) is 19.2 Å². The molecule has 3 aliphatic heterocycles. The molecule has 0 aliphatic carbocycles. The number of morpholine rings is 2. The van der Waals surface area contributed by atoms with Crippen LogP contribution in [0.2, 0.25) is 0 Å². The quantitative estimate of drug-likeness (QED) is 0.432. The number of hydrogen-bond acceptors (Lipinski definition) is 10. The molecule has 0 saturated carbocycles. The predicted octanol–water partition coefficient (Wildman–Crippen LogP) is 2.44. The Balaban J connectivity index is 1.21. The molecule has 0 unspecified atom stereocenters. The van der Waals surface area contributed by atoms with Gasteiger partial charge in [-0.05, 0) is 47.7 Å². The van der Waals surface area contributed by atoms with Gasteiger partial charge in [0.25, 0.3) is 17.1 Å². The van der Waals surface area contributed by atoms with Crippen molar-refractivity contribution in [3.05, 3.63) is 52.9 Å². The zero-order valence-electron chi connectivity index (χ0n) is 23.2. The Labute approximate surface area is 247 Å². The molecule has 0 bridgehead atoms. The lowest BCUT2D eigenvalue weighted by Crippen LogP contribution is -2.43. The third-order valence-electron chi connectivity index (χ3n) is 6.91. The van der Waals surface area contributed by atoms with E-state index in [0.29, 0.717) is 75.4 Å². The Hall–Kier alpha value is -4.07. The molecule has 12 nitrogen and oxygen atoms in total. The number of carbonyl (C=O) groups excluding carboxylic acids is 4. The number of ether oxygens (including phenoxy) is 4. The minimum Gasteiger partial charge on any atom is -0.493 e. The Morgan fingerprint density at radius 3 is 2.43 bits per heavy atom. The van der Waals surface area contributed by atoms with Crippen molar-refractivity contribution >= 4 is 52.2 Å². The van der Waals surface area contributed by atoms with E-state index in [4.69, 9.17) is 18.9 Å². The third-order valence-corrected chi connectivity index (χ3v) is 7.81. The fraction of sp³-hybridized carbons (Fsp3) is 0.379. The molecule has 5 rings (SSSR count). The van der Waals surface area contributed by atoms with E-state index < -0.39 is 23.6 Å². The molecule has 0 radical (unpaired) electrons. The number of nitrogens with zero attached hydrogens (tertiary/aromatic N) is 3. The van der Waals surface area contributed by atoms with E-state index in [1.807, 2.05) is 18.2 Å². The molecule has 3 heterocycles. The first-order valence-electron chi connectivity index (χ1n) is 13.6. The molecule has 1 N–H and O–H groups in total. The molecule has 0 atom stereocenters. The van der Waals surface area contributed by atoms with Crippen molar-refractivity contribution in [3.63, 3.8) is 0 Å². The lowest BCUT2D eigenvalue weighted by atomic mass is 10.2. The Kier molecular flexibility index (Phi) is 9.62. The minimum atomic E-state index is -0.558. The lowest BCUT2D eigenvalue weighted by molar-refractivity contribution is -0.137. The number of anilines is 2. The van der Waals surface area contributed by atoms with E-state index in [2.05, 4.69) is 10.2 Å². The summed E-state index contributed by atoms with van der Waals surface area (Å²) in [4.78, 5) is 56.0. The number of thioether (sulfide) groups is 1. The third kappa shape index (κ3) is 7.04. The van der Waals surface area contributed by atoms with E-state index in [1.165, 1.54) is 7.11 Å². The van der Waals surface area contributed by atoms with Crippen LogP contribution in [0.5, 0.6) is 11.5 Å². The first-order chi connectivity index (χ1) is 20.4. The van der Waals surface area contributed by atoms with Gasteiger partial charge < -0.3 is 34.1 Å². The van der Waals surface area contributed by atoms with Gasteiger partial charge in [-0.25, -0.2) is 0 Å². The van der Waals surface area contributed by atoms with Crippen LogP contribution in [0.1, 0.15) is 5.56 Å². The van der Waals surface area contributed by atoms with Crippen LogP contribution in [0.3, 0.4) is 0 Å². The van der Waals surface area contributed by atoms with Crippen LogP contribution >= 0.6 is 11.8 Å². The van der Waals surface area contributed by atoms with Gasteiger partial charge in [-0.3, -0.25) is 24.1 Å². The van der Waals surface area contributed by atoms with Crippen LogP contribution < -0.4 is 19.7 Å².